The van der Waals surface area contributed by atoms with Gasteiger partial charge in [-0.1, -0.05) is 48.9 Å². The Balaban J connectivity index is 1.89. The molecule has 0 spiro atoms. The zero-order valence-corrected chi connectivity index (χ0v) is 12.2. The molecule has 1 unspecified atom stereocenters. The van der Waals surface area contributed by atoms with Gasteiger partial charge in [0, 0.05) is 6.04 Å². The van der Waals surface area contributed by atoms with Crippen molar-refractivity contribution in [2.45, 2.75) is 32.7 Å². The van der Waals surface area contributed by atoms with Crippen LogP contribution in [0.3, 0.4) is 0 Å². The summed E-state index contributed by atoms with van der Waals surface area (Å²) < 4.78 is 13.1. The van der Waals surface area contributed by atoms with Crippen molar-refractivity contribution in [1.82, 2.24) is 5.32 Å². The van der Waals surface area contributed by atoms with Crippen molar-refractivity contribution >= 4 is 0 Å². The Kier molecular flexibility index (Phi) is 5.31. The van der Waals surface area contributed by atoms with Crippen molar-refractivity contribution in [3.63, 3.8) is 0 Å². The molecule has 1 nitrogen and oxygen atoms in total. The fourth-order valence-corrected chi connectivity index (χ4v) is 2.38. The largest absolute Gasteiger partial charge is 0.310 e. The van der Waals surface area contributed by atoms with Gasteiger partial charge in [0.05, 0.1) is 0 Å². The first-order valence-corrected chi connectivity index (χ1v) is 7.23. The lowest BCUT2D eigenvalue weighted by Crippen LogP contribution is -2.23. The van der Waals surface area contributed by atoms with Crippen LogP contribution in [0.2, 0.25) is 0 Å². The Hall–Kier alpha value is -1.67. The Morgan fingerprint density at radius 2 is 1.85 bits per heavy atom. The lowest BCUT2D eigenvalue weighted by Gasteiger charge is -2.17. The molecule has 0 radical (unpaired) electrons. The molecule has 0 bridgehead atoms. The molecule has 2 aromatic carbocycles. The van der Waals surface area contributed by atoms with Gasteiger partial charge in [-0.25, -0.2) is 4.39 Å². The van der Waals surface area contributed by atoms with E-state index in [0.29, 0.717) is 6.04 Å². The molecule has 0 fully saturated rings. The number of benzene rings is 2. The van der Waals surface area contributed by atoms with Gasteiger partial charge in [0.2, 0.25) is 0 Å². The summed E-state index contributed by atoms with van der Waals surface area (Å²) in [5, 5.41) is 3.55. The molecule has 0 saturated carbocycles. The van der Waals surface area contributed by atoms with Crippen molar-refractivity contribution < 1.29 is 4.39 Å². The van der Waals surface area contributed by atoms with Crippen LogP contribution in [0.25, 0.3) is 0 Å². The normalized spacial score (nSPS) is 12.3. The van der Waals surface area contributed by atoms with E-state index in [1.165, 1.54) is 17.2 Å². The van der Waals surface area contributed by atoms with Gasteiger partial charge in [0.15, 0.2) is 0 Å². The van der Waals surface area contributed by atoms with E-state index in [-0.39, 0.29) is 5.82 Å². The maximum atomic E-state index is 13.1. The molecule has 0 saturated heterocycles. The van der Waals surface area contributed by atoms with Crippen molar-refractivity contribution in [3.8, 4) is 0 Å². The predicted octanol–water partition coefficient (Wildman–Crippen LogP) is 4.42. The van der Waals surface area contributed by atoms with E-state index in [1.807, 2.05) is 6.07 Å². The Bertz CT molecular complexity index is 533. The van der Waals surface area contributed by atoms with Gasteiger partial charge in [-0.3, -0.25) is 0 Å². The van der Waals surface area contributed by atoms with Crippen LogP contribution in [-0.2, 0) is 6.42 Å². The molecule has 2 rings (SSSR count). The van der Waals surface area contributed by atoms with Crippen LogP contribution in [0, 0.1) is 12.7 Å². The minimum absolute atomic E-state index is 0.159. The van der Waals surface area contributed by atoms with E-state index < -0.39 is 0 Å². The molecule has 2 heteroatoms. The zero-order chi connectivity index (χ0) is 14.4. The maximum absolute atomic E-state index is 13.1. The third kappa shape index (κ3) is 4.17. The average Bonchev–Trinajstić information content (AvgIpc) is 2.45. The summed E-state index contributed by atoms with van der Waals surface area (Å²) in [6.07, 6.45) is 1.90. The predicted molar refractivity (Wildman–Crippen MR) is 82.3 cm³/mol. The van der Waals surface area contributed by atoms with Gasteiger partial charge in [0.25, 0.3) is 0 Å². The average molecular weight is 271 g/mol. The molecule has 0 amide bonds. The summed E-state index contributed by atoms with van der Waals surface area (Å²) in [4.78, 5) is 0. The molecular weight excluding hydrogens is 249 g/mol. The van der Waals surface area contributed by atoms with Crippen molar-refractivity contribution in [3.05, 3.63) is 71.0 Å². The Morgan fingerprint density at radius 3 is 2.50 bits per heavy atom. The first-order chi connectivity index (χ1) is 9.69. The second-order valence-electron chi connectivity index (χ2n) is 5.21. The topological polar surface area (TPSA) is 12.0 Å². The van der Waals surface area contributed by atoms with E-state index in [1.54, 1.807) is 12.1 Å². The summed E-state index contributed by atoms with van der Waals surface area (Å²) in [7, 11) is 0. The number of halogens is 1. The highest BCUT2D eigenvalue weighted by atomic mass is 19.1. The van der Waals surface area contributed by atoms with Crippen molar-refractivity contribution in [2.75, 3.05) is 6.54 Å². The number of nitrogens with one attached hydrogen (secondary N) is 1. The highest BCUT2D eigenvalue weighted by Crippen LogP contribution is 2.17. The minimum atomic E-state index is -0.159. The first-order valence-electron chi connectivity index (χ1n) is 7.23. The van der Waals surface area contributed by atoms with Gasteiger partial charge in [-0.15, -0.1) is 0 Å². The van der Waals surface area contributed by atoms with E-state index in [9.17, 15) is 4.39 Å². The Morgan fingerprint density at radius 1 is 1.10 bits per heavy atom. The van der Waals surface area contributed by atoms with Crippen molar-refractivity contribution in [1.29, 1.82) is 0 Å². The first kappa shape index (κ1) is 14.7. The molecule has 0 aliphatic heterocycles. The fourth-order valence-electron chi connectivity index (χ4n) is 2.38. The molecule has 2 aromatic rings. The highest BCUT2D eigenvalue weighted by Gasteiger charge is 2.07. The smallest absolute Gasteiger partial charge is 0.123 e. The second-order valence-corrected chi connectivity index (χ2v) is 5.21. The van der Waals surface area contributed by atoms with Gasteiger partial charge >= 0.3 is 0 Å². The van der Waals surface area contributed by atoms with E-state index in [0.717, 1.165) is 24.9 Å². The van der Waals surface area contributed by atoms with Crippen LogP contribution in [0.1, 0.15) is 36.1 Å². The molecule has 106 valence electrons. The van der Waals surface area contributed by atoms with Gasteiger partial charge < -0.3 is 5.32 Å². The lowest BCUT2D eigenvalue weighted by atomic mass is 10.0. The van der Waals surface area contributed by atoms with Crippen LogP contribution >= 0.6 is 0 Å². The third-order valence-electron chi connectivity index (χ3n) is 3.58. The maximum Gasteiger partial charge on any atom is 0.123 e. The van der Waals surface area contributed by atoms with Crippen LogP contribution in [0.15, 0.2) is 48.5 Å². The molecule has 1 N–H and O–H groups in total. The molecular formula is C18H22FN. The lowest BCUT2D eigenvalue weighted by molar-refractivity contribution is 0.522. The van der Waals surface area contributed by atoms with E-state index in [4.69, 9.17) is 0 Å². The zero-order valence-electron chi connectivity index (χ0n) is 12.2. The molecule has 20 heavy (non-hydrogen) atoms. The summed E-state index contributed by atoms with van der Waals surface area (Å²) >= 11 is 0. The van der Waals surface area contributed by atoms with E-state index in [2.05, 4.69) is 43.4 Å². The van der Waals surface area contributed by atoms with Gasteiger partial charge in [0.1, 0.15) is 5.82 Å². The molecule has 0 aliphatic rings. The number of rotatable bonds is 6. The van der Waals surface area contributed by atoms with Crippen LogP contribution in [0.5, 0.6) is 0 Å². The summed E-state index contributed by atoms with van der Waals surface area (Å²) in [6, 6.07) is 15.8. The quantitative estimate of drug-likeness (QED) is 0.820. The standard InChI is InChI=1S/C18H22FN/c1-3-18(16-9-7-14(2)8-10-16)20-12-11-15-5-4-6-17(19)13-15/h4-10,13,18,20H,3,11-12H2,1-2H3. The second kappa shape index (κ2) is 7.20. The minimum Gasteiger partial charge on any atom is -0.310 e. The highest BCUT2D eigenvalue weighted by molar-refractivity contribution is 5.24. The number of aryl methyl sites for hydroxylation is 1. The molecule has 0 heterocycles. The summed E-state index contributed by atoms with van der Waals surface area (Å²) in [5.41, 5.74) is 3.64. The molecule has 0 aromatic heterocycles. The van der Waals surface area contributed by atoms with Crippen molar-refractivity contribution in [2.24, 2.45) is 0 Å². The SMILES string of the molecule is CCC(NCCc1cccc(F)c1)c1ccc(C)cc1. The summed E-state index contributed by atoms with van der Waals surface area (Å²) in [5.74, 6) is -0.159. The van der Waals surface area contributed by atoms with Crippen LogP contribution < -0.4 is 5.32 Å². The van der Waals surface area contributed by atoms with Gasteiger partial charge in [-0.05, 0) is 49.6 Å². The fraction of sp³-hybridized carbons (Fsp3) is 0.333. The molecule has 0 aliphatic carbocycles. The van der Waals surface area contributed by atoms with Gasteiger partial charge in [-0.2, -0.15) is 0 Å². The monoisotopic (exact) mass is 271 g/mol. The van der Waals surface area contributed by atoms with E-state index >= 15 is 0 Å². The third-order valence-corrected chi connectivity index (χ3v) is 3.58. The van der Waals surface area contributed by atoms with Crippen LogP contribution in [0.4, 0.5) is 4.39 Å². The van der Waals surface area contributed by atoms with Crippen LogP contribution in [-0.4, -0.2) is 6.54 Å². The molecule has 1 atom stereocenters. The number of hydrogen-bond acceptors (Lipinski definition) is 1. The Labute approximate surface area is 120 Å². The summed E-state index contributed by atoms with van der Waals surface area (Å²) in [6.45, 7) is 5.14. The number of hydrogen-bond donors (Lipinski definition) is 1.